The van der Waals surface area contributed by atoms with E-state index in [-0.39, 0.29) is 36.7 Å². The predicted molar refractivity (Wildman–Crippen MR) is 212 cm³/mol. The molecule has 2 aromatic rings. The quantitative estimate of drug-likeness (QED) is 0.0479. The molecule has 0 radical (unpaired) electrons. The summed E-state index contributed by atoms with van der Waals surface area (Å²) in [5, 5.41) is 0. The Balaban J connectivity index is 1.16. The summed E-state index contributed by atoms with van der Waals surface area (Å²) in [6.45, 7) is 10.7. The van der Waals surface area contributed by atoms with Crippen molar-refractivity contribution >= 4 is 23.9 Å². The van der Waals surface area contributed by atoms with Gasteiger partial charge < -0.3 is 28.7 Å². The molecule has 300 valence electrons. The normalized spacial score (nSPS) is 13.4. The van der Waals surface area contributed by atoms with E-state index in [1.165, 1.54) is 38.5 Å². The van der Waals surface area contributed by atoms with E-state index in [0.717, 1.165) is 102 Å². The number of unbranched alkanes of at least 4 members (excludes halogenated alkanes) is 10. The Morgan fingerprint density at radius 1 is 0.463 bits per heavy atom. The van der Waals surface area contributed by atoms with Gasteiger partial charge in [0.25, 0.3) is 0 Å². The summed E-state index contributed by atoms with van der Waals surface area (Å²) < 4.78 is 21.8. The van der Waals surface area contributed by atoms with Crippen molar-refractivity contribution < 1.29 is 38.1 Å². The number of carbonyl (C=O) groups excluding carboxylic acids is 4. The molecule has 3 rings (SSSR count). The van der Waals surface area contributed by atoms with Crippen molar-refractivity contribution in [3.8, 4) is 11.5 Å². The highest BCUT2D eigenvalue weighted by atomic mass is 16.5. The largest absolute Gasteiger partial charge is 0.465 e. The van der Waals surface area contributed by atoms with Gasteiger partial charge in [0.15, 0.2) is 0 Å². The van der Waals surface area contributed by atoms with Crippen molar-refractivity contribution in [1.29, 1.82) is 0 Å². The van der Waals surface area contributed by atoms with Crippen LogP contribution in [0.25, 0.3) is 0 Å². The van der Waals surface area contributed by atoms with Crippen molar-refractivity contribution in [1.82, 2.24) is 9.80 Å². The summed E-state index contributed by atoms with van der Waals surface area (Å²) in [5.41, 5.74) is 1.65. The highest BCUT2D eigenvalue weighted by Crippen LogP contribution is 2.17. The van der Waals surface area contributed by atoms with Crippen molar-refractivity contribution in [2.45, 2.75) is 129 Å². The molecular formula is C44H66N2O8. The lowest BCUT2D eigenvalue weighted by atomic mass is 10.1. The zero-order chi connectivity index (χ0) is 38.6. The van der Waals surface area contributed by atoms with Crippen LogP contribution in [-0.4, -0.2) is 86.2 Å². The molecule has 0 bridgehead atoms. The maximum absolute atomic E-state index is 12.4. The Bertz CT molecular complexity index is 1240. The van der Waals surface area contributed by atoms with Gasteiger partial charge >= 0.3 is 23.9 Å². The predicted octanol–water partition coefficient (Wildman–Crippen LogP) is 8.27. The minimum absolute atomic E-state index is 0.186. The third kappa shape index (κ3) is 20.6. The van der Waals surface area contributed by atoms with Crippen molar-refractivity contribution in [3.05, 3.63) is 59.7 Å². The molecule has 1 saturated heterocycles. The number of rotatable bonds is 28. The molecule has 54 heavy (non-hydrogen) atoms. The molecule has 0 aliphatic carbocycles. The third-order valence-corrected chi connectivity index (χ3v) is 9.70. The maximum Gasteiger partial charge on any atom is 0.311 e. The Kier molecular flexibility index (Phi) is 23.0. The molecule has 0 amide bonds. The van der Waals surface area contributed by atoms with E-state index in [1.807, 2.05) is 0 Å². The second-order valence-electron chi connectivity index (χ2n) is 14.5. The van der Waals surface area contributed by atoms with Gasteiger partial charge in [-0.25, -0.2) is 0 Å². The minimum Gasteiger partial charge on any atom is -0.465 e. The first kappa shape index (κ1) is 44.6. The monoisotopic (exact) mass is 750 g/mol. The number of carbonyl (C=O) groups is 4. The van der Waals surface area contributed by atoms with Crippen LogP contribution in [0.3, 0.4) is 0 Å². The van der Waals surface area contributed by atoms with Crippen LogP contribution in [0.1, 0.15) is 128 Å². The molecule has 0 aromatic heterocycles. The lowest BCUT2D eigenvalue weighted by molar-refractivity contribution is -0.144. The lowest BCUT2D eigenvalue weighted by Crippen LogP contribution is -2.47. The molecule has 0 unspecified atom stereocenters. The fourth-order valence-corrected chi connectivity index (χ4v) is 6.44. The Labute approximate surface area is 324 Å². The van der Waals surface area contributed by atoms with Gasteiger partial charge in [-0.05, 0) is 61.1 Å². The molecule has 1 fully saturated rings. The average Bonchev–Trinajstić information content (AvgIpc) is 3.17. The van der Waals surface area contributed by atoms with Gasteiger partial charge in [-0.2, -0.15) is 0 Å². The second kappa shape index (κ2) is 27.8. The van der Waals surface area contributed by atoms with Crippen LogP contribution in [0.4, 0.5) is 0 Å². The van der Waals surface area contributed by atoms with Gasteiger partial charge in [0.1, 0.15) is 11.5 Å². The van der Waals surface area contributed by atoms with Crippen LogP contribution >= 0.6 is 0 Å². The molecule has 10 heteroatoms. The summed E-state index contributed by atoms with van der Waals surface area (Å²) in [6.07, 6.45) is 16.3. The van der Waals surface area contributed by atoms with Gasteiger partial charge in [-0.3, -0.25) is 19.2 Å². The van der Waals surface area contributed by atoms with E-state index in [1.54, 1.807) is 48.5 Å². The first-order valence-corrected chi connectivity index (χ1v) is 20.7. The molecule has 1 aliphatic rings. The molecule has 2 aromatic carbocycles. The highest BCUT2D eigenvalue weighted by Gasteiger charge is 2.17. The summed E-state index contributed by atoms with van der Waals surface area (Å²) in [5.74, 6) is 0.0508. The van der Waals surface area contributed by atoms with Crippen molar-refractivity contribution in [3.63, 3.8) is 0 Å². The Hall–Kier alpha value is -3.76. The molecule has 0 spiro atoms. The highest BCUT2D eigenvalue weighted by molar-refractivity contribution is 5.74. The molecule has 1 aliphatic heterocycles. The number of hydrogen-bond donors (Lipinski definition) is 0. The Morgan fingerprint density at radius 3 is 1.19 bits per heavy atom. The van der Waals surface area contributed by atoms with Crippen LogP contribution < -0.4 is 9.47 Å². The van der Waals surface area contributed by atoms with Crippen molar-refractivity contribution in [2.24, 2.45) is 0 Å². The zero-order valence-electron chi connectivity index (χ0n) is 33.2. The molecule has 10 nitrogen and oxygen atoms in total. The number of ether oxygens (including phenoxy) is 4. The van der Waals surface area contributed by atoms with E-state index in [4.69, 9.17) is 18.9 Å². The van der Waals surface area contributed by atoms with Crippen molar-refractivity contribution in [2.75, 3.05) is 52.5 Å². The fourth-order valence-electron chi connectivity index (χ4n) is 6.44. The summed E-state index contributed by atoms with van der Waals surface area (Å²) in [4.78, 5) is 53.7. The van der Waals surface area contributed by atoms with Gasteiger partial charge in [0, 0.05) is 52.1 Å². The first-order chi connectivity index (χ1) is 26.3. The molecule has 0 saturated carbocycles. The van der Waals surface area contributed by atoms with Gasteiger partial charge in [-0.1, -0.05) is 102 Å². The van der Waals surface area contributed by atoms with Crippen LogP contribution in [0.2, 0.25) is 0 Å². The zero-order valence-corrected chi connectivity index (χ0v) is 33.2. The van der Waals surface area contributed by atoms with E-state index in [0.29, 0.717) is 37.6 Å². The standard InChI is InChI=1S/C44H66N2O8/c1-3-5-7-9-11-13-17-41(47)53-39-23-19-37(20-24-39)35-43(49)51-33-15-27-45-29-31-46(32-30-45)28-16-34-52-44(50)36-38-21-25-40(26-22-38)54-42(48)18-14-12-10-8-6-4-2/h19-26H,3-18,27-36H2,1-2H3. The lowest BCUT2D eigenvalue weighted by Gasteiger charge is -2.34. The number of piperazine rings is 1. The van der Waals surface area contributed by atoms with Crippen LogP contribution in [0.15, 0.2) is 48.5 Å². The fraction of sp³-hybridized carbons (Fsp3) is 0.636. The molecular weight excluding hydrogens is 684 g/mol. The molecule has 0 N–H and O–H groups in total. The van der Waals surface area contributed by atoms with Crippen LogP contribution in [0.5, 0.6) is 11.5 Å². The van der Waals surface area contributed by atoms with Gasteiger partial charge in [-0.15, -0.1) is 0 Å². The number of nitrogens with zero attached hydrogens (tertiary/aromatic N) is 2. The first-order valence-electron chi connectivity index (χ1n) is 20.7. The van der Waals surface area contributed by atoms with Gasteiger partial charge in [0.05, 0.1) is 26.1 Å². The van der Waals surface area contributed by atoms with E-state index < -0.39 is 0 Å². The smallest absolute Gasteiger partial charge is 0.311 e. The number of esters is 4. The minimum atomic E-state index is -0.261. The molecule has 1 heterocycles. The van der Waals surface area contributed by atoms with Crippen LogP contribution in [-0.2, 0) is 41.5 Å². The number of benzene rings is 2. The third-order valence-electron chi connectivity index (χ3n) is 9.70. The number of hydrogen-bond acceptors (Lipinski definition) is 10. The van der Waals surface area contributed by atoms with E-state index in [2.05, 4.69) is 23.6 Å². The maximum atomic E-state index is 12.4. The average molecular weight is 751 g/mol. The second-order valence-corrected chi connectivity index (χ2v) is 14.5. The summed E-state index contributed by atoms with van der Waals surface area (Å²) >= 11 is 0. The SMILES string of the molecule is CCCCCCCCC(=O)Oc1ccc(CC(=O)OCCCN2CCN(CCCOC(=O)Cc3ccc(OC(=O)CCCCCCCC)cc3)CC2)cc1. The topological polar surface area (TPSA) is 112 Å². The van der Waals surface area contributed by atoms with E-state index in [9.17, 15) is 19.2 Å². The van der Waals surface area contributed by atoms with Crippen LogP contribution in [0, 0.1) is 0 Å². The summed E-state index contributed by atoms with van der Waals surface area (Å²) in [7, 11) is 0. The molecule has 0 atom stereocenters. The Morgan fingerprint density at radius 2 is 0.815 bits per heavy atom. The van der Waals surface area contributed by atoms with Gasteiger partial charge in [0.2, 0.25) is 0 Å². The summed E-state index contributed by atoms with van der Waals surface area (Å²) in [6, 6.07) is 14.1. The van der Waals surface area contributed by atoms with E-state index >= 15 is 0 Å².